The number of hydrogen-bond donors (Lipinski definition) is 2. The van der Waals surface area contributed by atoms with Crippen molar-refractivity contribution in [3.05, 3.63) is 29.3 Å². The highest BCUT2D eigenvalue weighted by Gasteiger charge is 2.27. The van der Waals surface area contributed by atoms with Crippen molar-refractivity contribution >= 4 is 11.6 Å². The molecule has 0 heterocycles. The molecule has 1 amide bonds. The molecule has 4 heteroatoms. The molecule has 4 nitrogen and oxygen atoms in total. The summed E-state index contributed by atoms with van der Waals surface area (Å²) in [7, 11) is 0. The van der Waals surface area contributed by atoms with Gasteiger partial charge in [-0.15, -0.1) is 0 Å². The number of rotatable bonds is 6. The van der Waals surface area contributed by atoms with Gasteiger partial charge in [-0.2, -0.15) is 0 Å². The van der Waals surface area contributed by atoms with Crippen LogP contribution in [0.15, 0.2) is 18.2 Å². The summed E-state index contributed by atoms with van der Waals surface area (Å²) in [5, 5.41) is 2.96. The van der Waals surface area contributed by atoms with Crippen molar-refractivity contribution in [3.63, 3.8) is 0 Å². The maximum atomic E-state index is 12.0. The molecular formula is C15H23N3O. The minimum atomic E-state index is -0.0430. The Bertz CT molecular complexity index is 455. The Morgan fingerprint density at radius 1 is 1.47 bits per heavy atom. The summed E-state index contributed by atoms with van der Waals surface area (Å²) < 4.78 is 0. The van der Waals surface area contributed by atoms with Gasteiger partial charge < -0.3 is 11.1 Å². The number of anilines is 1. The van der Waals surface area contributed by atoms with Crippen molar-refractivity contribution in [2.45, 2.75) is 32.7 Å². The standard InChI is InChI=1S/C15H23N3O/c1-3-18(13-6-7-13)9-8-17-15(19)12-5-4-11(2)14(16)10-12/h4-5,10,13H,3,6-9,16H2,1-2H3,(H,17,19). The molecule has 0 spiro atoms. The first-order valence-electron chi connectivity index (χ1n) is 7.00. The van der Waals surface area contributed by atoms with Gasteiger partial charge in [0.25, 0.3) is 5.91 Å². The number of benzene rings is 1. The van der Waals surface area contributed by atoms with Crippen LogP contribution in [-0.2, 0) is 0 Å². The molecule has 1 aromatic rings. The van der Waals surface area contributed by atoms with Crippen LogP contribution < -0.4 is 11.1 Å². The number of amides is 1. The third kappa shape index (κ3) is 3.70. The lowest BCUT2D eigenvalue weighted by atomic mass is 10.1. The zero-order valence-corrected chi connectivity index (χ0v) is 11.8. The van der Waals surface area contributed by atoms with E-state index in [1.54, 1.807) is 6.07 Å². The SMILES string of the molecule is CCN(CCNC(=O)c1ccc(C)c(N)c1)C1CC1. The number of nitrogens with one attached hydrogen (secondary N) is 1. The molecule has 0 bridgehead atoms. The Kier molecular flexibility index (Phi) is 4.43. The Balaban J connectivity index is 1.81. The molecule has 0 aliphatic heterocycles. The van der Waals surface area contributed by atoms with Crippen molar-refractivity contribution in [2.24, 2.45) is 0 Å². The van der Waals surface area contributed by atoms with Crippen LogP contribution in [0.4, 0.5) is 5.69 Å². The molecule has 0 aromatic heterocycles. The Morgan fingerprint density at radius 2 is 2.21 bits per heavy atom. The number of hydrogen-bond acceptors (Lipinski definition) is 3. The maximum Gasteiger partial charge on any atom is 0.251 e. The smallest absolute Gasteiger partial charge is 0.251 e. The summed E-state index contributed by atoms with van der Waals surface area (Å²) in [5.74, 6) is -0.0430. The van der Waals surface area contributed by atoms with Gasteiger partial charge in [0, 0.05) is 30.4 Å². The highest BCUT2D eigenvalue weighted by atomic mass is 16.1. The molecule has 0 atom stereocenters. The molecule has 2 rings (SSSR count). The third-order valence-corrected chi connectivity index (χ3v) is 3.70. The van der Waals surface area contributed by atoms with E-state index in [2.05, 4.69) is 17.1 Å². The lowest BCUT2D eigenvalue weighted by molar-refractivity contribution is 0.0948. The Labute approximate surface area is 115 Å². The maximum absolute atomic E-state index is 12.0. The number of carbonyl (C=O) groups is 1. The highest BCUT2D eigenvalue weighted by Crippen LogP contribution is 2.25. The summed E-state index contributed by atoms with van der Waals surface area (Å²) in [6.45, 7) is 6.77. The number of likely N-dealkylation sites (N-methyl/N-ethyl adjacent to an activating group) is 1. The van der Waals surface area contributed by atoms with Gasteiger partial charge in [0.15, 0.2) is 0 Å². The van der Waals surface area contributed by atoms with E-state index in [0.29, 0.717) is 17.8 Å². The molecule has 19 heavy (non-hydrogen) atoms. The highest BCUT2D eigenvalue weighted by molar-refractivity contribution is 5.95. The van der Waals surface area contributed by atoms with Gasteiger partial charge in [0.05, 0.1) is 0 Å². The summed E-state index contributed by atoms with van der Waals surface area (Å²) in [5.41, 5.74) is 8.12. The number of carbonyl (C=O) groups excluding carboxylic acids is 1. The van der Waals surface area contributed by atoms with Crippen LogP contribution in [-0.4, -0.2) is 36.5 Å². The van der Waals surface area contributed by atoms with Gasteiger partial charge >= 0.3 is 0 Å². The van der Waals surface area contributed by atoms with Crippen LogP contribution in [0, 0.1) is 6.92 Å². The van der Waals surface area contributed by atoms with Crippen LogP contribution in [0.3, 0.4) is 0 Å². The fourth-order valence-electron chi connectivity index (χ4n) is 2.24. The van der Waals surface area contributed by atoms with Gasteiger partial charge in [0.1, 0.15) is 0 Å². The molecule has 1 aliphatic carbocycles. The van der Waals surface area contributed by atoms with Crippen LogP contribution in [0.2, 0.25) is 0 Å². The van der Waals surface area contributed by atoms with Crippen molar-refractivity contribution < 1.29 is 4.79 Å². The largest absolute Gasteiger partial charge is 0.398 e. The van der Waals surface area contributed by atoms with Crippen LogP contribution in [0.25, 0.3) is 0 Å². The average molecular weight is 261 g/mol. The van der Waals surface area contributed by atoms with Gasteiger partial charge in [-0.1, -0.05) is 13.0 Å². The van der Waals surface area contributed by atoms with Gasteiger partial charge in [-0.3, -0.25) is 9.69 Å². The zero-order valence-electron chi connectivity index (χ0n) is 11.8. The first-order chi connectivity index (χ1) is 9.11. The van der Waals surface area contributed by atoms with Crippen molar-refractivity contribution in [3.8, 4) is 0 Å². The monoisotopic (exact) mass is 261 g/mol. The van der Waals surface area contributed by atoms with E-state index >= 15 is 0 Å². The topological polar surface area (TPSA) is 58.4 Å². The first-order valence-corrected chi connectivity index (χ1v) is 7.00. The van der Waals surface area contributed by atoms with E-state index in [1.807, 2.05) is 19.1 Å². The molecule has 104 valence electrons. The quantitative estimate of drug-likeness (QED) is 0.768. The Morgan fingerprint density at radius 3 is 2.79 bits per heavy atom. The second-order valence-corrected chi connectivity index (χ2v) is 5.19. The minimum absolute atomic E-state index is 0.0430. The summed E-state index contributed by atoms with van der Waals surface area (Å²) in [4.78, 5) is 14.4. The van der Waals surface area contributed by atoms with Gasteiger partial charge in [-0.05, 0) is 44.0 Å². The average Bonchev–Trinajstić information content (AvgIpc) is 3.22. The van der Waals surface area contributed by atoms with Crippen molar-refractivity contribution in [2.75, 3.05) is 25.4 Å². The lowest BCUT2D eigenvalue weighted by Gasteiger charge is -2.19. The van der Waals surface area contributed by atoms with E-state index < -0.39 is 0 Å². The molecular weight excluding hydrogens is 238 g/mol. The third-order valence-electron chi connectivity index (χ3n) is 3.70. The molecule has 1 aliphatic rings. The molecule has 0 radical (unpaired) electrons. The number of nitrogens with zero attached hydrogens (tertiary/aromatic N) is 1. The second kappa shape index (κ2) is 6.06. The van der Waals surface area contributed by atoms with E-state index in [9.17, 15) is 4.79 Å². The van der Waals surface area contributed by atoms with Crippen LogP contribution in [0.1, 0.15) is 35.7 Å². The van der Waals surface area contributed by atoms with Crippen molar-refractivity contribution in [1.82, 2.24) is 10.2 Å². The van der Waals surface area contributed by atoms with Gasteiger partial charge in [-0.25, -0.2) is 0 Å². The molecule has 1 saturated carbocycles. The predicted molar refractivity (Wildman–Crippen MR) is 78.2 cm³/mol. The van der Waals surface area contributed by atoms with Crippen molar-refractivity contribution in [1.29, 1.82) is 0 Å². The van der Waals surface area contributed by atoms with E-state index in [4.69, 9.17) is 5.73 Å². The summed E-state index contributed by atoms with van der Waals surface area (Å²) in [6.07, 6.45) is 2.60. The molecule has 0 unspecified atom stereocenters. The van der Waals surface area contributed by atoms with E-state index in [1.165, 1.54) is 12.8 Å². The molecule has 1 fully saturated rings. The molecule has 0 saturated heterocycles. The second-order valence-electron chi connectivity index (χ2n) is 5.19. The summed E-state index contributed by atoms with van der Waals surface area (Å²) >= 11 is 0. The zero-order chi connectivity index (χ0) is 13.8. The fraction of sp³-hybridized carbons (Fsp3) is 0.533. The lowest BCUT2D eigenvalue weighted by Crippen LogP contribution is -2.36. The minimum Gasteiger partial charge on any atom is -0.398 e. The predicted octanol–water partition coefficient (Wildman–Crippen LogP) is 1.79. The number of nitrogens with two attached hydrogens (primary N) is 1. The number of aryl methyl sites for hydroxylation is 1. The first kappa shape index (κ1) is 13.9. The van der Waals surface area contributed by atoms with Crippen LogP contribution in [0.5, 0.6) is 0 Å². The molecule has 3 N–H and O–H groups in total. The number of nitrogen functional groups attached to an aromatic ring is 1. The van der Waals surface area contributed by atoms with Crippen LogP contribution >= 0.6 is 0 Å². The van der Waals surface area contributed by atoms with Gasteiger partial charge in [0.2, 0.25) is 0 Å². The van der Waals surface area contributed by atoms with E-state index in [-0.39, 0.29) is 5.91 Å². The Hall–Kier alpha value is -1.55. The van der Waals surface area contributed by atoms with E-state index in [0.717, 1.165) is 24.7 Å². The normalized spacial score (nSPS) is 14.7. The fourth-order valence-corrected chi connectivity index (χ4v) is 2.24. The summed E-state index contributed by atoms with van der Waals surface area (Å²) in [6, 6.07) is 6.19. The molecule has 1 aromatic carbocycles.